The Morgan fingerprint density at radius 2 is 2.31 bits per heavy atom. The largest absolute Gasteiger partial charge is 0.481 e. The fourth-order valence-corrected chi connectivity index (χ4v) is 2.17. The van der Waals surface area contributed by atoms with Crippen molar-refractivity contribution in [1.82, 2.24) is 0 Å². The van der Waals surface area contributed by atoms with Gasteiger partial charge in [0.15, 0.2) is 0 Å². The van der Waals surface area contributed by atoms with E-state index in [-0.39, 0.29) is 17.3 Å². The Bertz CT molecular complexity index is 324. The van der Waals surface area contributed by atoms with Gasteiger partial charge in [-0.1, -0.05) is 13.8 Å². The minimum atomic E-state index is -0.712. The highest BCUT2D eigenvalue weighted by atomic mass is 16.4. The fourth-order valence-electron chi connectivity index (χ4n) is 2.17. The predicted molar refractivity (Wildman–Crippen MR) is 46.4 cm³/mol. The summed E-state index contributed by atoms with van der Waals surface area (Å²) in [5, 5.41) is 8.93. The van der Waals surface area contributed by atoms with Crippen LogP contribution in [-0.4, -0.2) is 11.1 Å². The summed E-state index contributed by atoms with van der Waals surface area (Å²) in [6, 6.07) is 1.84. The Morgan fingerprint density at radius 1 is 1.62 bits per heavy atom. The molecule has 2 rings (SSSR count). The van der Waals surface area contributed by atoms with Gasteiger partial charge in [0.05, 0.1) is 18.4 Å². The number of aliphatic carboxylic acids is 1. The SMILES string of the molecule is CC1(C)C(C(=O)O)C1c1ccoc1. The molecule has 1 N–H and O–H groups in total. The average molecular weight is 180 g/mol. The second-order valence-electron chi connectivity index (χ2n) is 4.17. The molecule has 2 unspecified atom stereocenters. The molecule has 1 aliphatic carbocycles. The van der Waals surface area contributed by atoms with Gasteiger partial charge in [0.25, 0.3) is 0 Å². The summed E-state index contributed by atoms with van der Waals surface area (Å²) in [5.41, 5.74) is 0.868. The molecule has 0 bridgehead atoms. The summed E-state index contributed by atoms with van der Waals surface area (Å²) in [4.78, 5) is 10.9. The molecule has 1 heterocycles. The molecule has 1 fully saturated rings. The number of carboxylic acid groups (broad SMARTS) is 1. The predicted octanol–water partition coefficient (Wildman–Crippen LogP) is 2.10. The van der Waals surface area contributed by atoms with Gasteiger partial charge in [-0.3, -0.25) is 4.79 Å². The Kier molecular flexibility index (Phi) is 1.53. The summed E-state index contributed by atoms with van der Waals surface area (Å²) in [7, 11) is 0. The summed E-state index contributed by atoms with van der Waals surface area (Å²) < 4.78 is 4.94. The second kappa shape index (κ2) is 2.37. The maximum atomic E-state index is 10.9. The molecule has 13 heavy (non-hydrogen) atoms. The van der Waals surface area contributed by atoms with Gasteiger partial charge < -0.3 is 9.52 Å². The van der Waals surface area contributed by atoms with Gasteiger partial charge in [-0.05, 0) is 17.0 Å². The van der Waals surface area contributed by atoms with Crippen LogP contribution in [-0.2, 0) is 4.79 Å². The van der Waals surface area contributed by atoms with Crippen molar-refractivity contribution < 1.29 is 14.3 Å². The molecule has 3 nitrogen and oxygen atoms in total. The zero-order chi connectivity index (χ0) is 9.64. The van der Waals surface area contributed by atoms with Gasteiger partial charge in [0.1, 0.15) is 0 Å². The normalized spacial score (nSPS) is 30.0. The zero-order valence-corrected chi connectivity index (χ0v) is 7.65. The standard InChI is InChI=1S/C10H12O3/c1-10(2)7(8(10)9(11)12)6-3-4-13-5-6/h3-5,7-8H,1-2H3,(H,11,12). The summed E-state index contributed by atoms with van der Waals surface area (Å²) in [6.07, 6.45) is 3.22. The molecule has 0 aliphatic heterocycles. The van der Waals surface area contributed by atoms with Crippen LogP contribution in [0.1, 0.15) is 25.3 Å². The Balaban J connectivity index is 2.25. The van der Waals surface area contributed by atoms with Crippen molar-refractivity contribution in [1.29, 1.82) is 0 Å². The summed E-state index contributed by atoms with van der Waals surface area (Å²) in [5.74, 6) is -0.856. The quantitative estimate of drug-likeness (QED) is 0.758. The van der Waals surface area contributed by atoms with Gasteiger partial charge in [0.2, 0.25) is 0 Å². The van der Waals surface area contributed by atoms with Crippen molar-refractivity contribution in [3.63, 3.8) is 0 Å². The maximum Gasteiger partial charge on any atom is 0.307 e. The van der Waals surface area contributed by atoms with E-state index in [1.807, 2.05) is 19.9 Å². The van der Waals surface area contributed by atoms with Crippen LogP contribution in [0.4, 0.5) is 0 Å². The number of hydrogen-bond acceptors (Lipinski definition) is 2. The van der Waals surface area contributed by atoms with Crippen molar-refractivity contribution in [2.45, 2.75) is 19.8 Å². The van der Waals surface area contributed by atoms with Crippen LogP contribution in [0, 0.1) is 11.3 Å². The van der Waals surface area contributed by atoms with Crippen molar-refractivity contribution >= 4 is 5.97 Å². The van der Waals surface area contributed by atoms with E-state index in [1.54, 1.807) is 12.5 Å². The monoisotopic (exact) mass is 180 g/mol. The van der Waals surface area contributed by atoms with E-state index < -0.39 is 5.97 Å². The highest BCUT2D eigenvalue weighted by molar-refractivity contribution is 5.77. The number of furan rings is 1. The van der Waals surface area contributed by atoms with Crippen LogP contribution in [0.25, 0.3) is 0 Å². The first kappa shape index (κ1) is 8.35. The van der Waals surface area contributed by atoms with Crippen molar-refractivity contribution in [2.24, 2.45) is 11.3 Å². The van der Waals surface area contributed by atoms with Crippen LogP contribution < -0.4 is 0 Å². The summed E-state index contributed by atoms with van der Waals surface area (Å²) >= 11 is 0. The molecule has 1 aliphatic rings. The molecule has 0 saturated heterocycles. The molecule has 0 amide bonds. The lowest BCUT2D eigenvalue weighted by Crippen LogP contribution is -2.02. The van der Waals surface area contributed by atoms with Crippen LogP contribution in [0.15, 0.2) is 23.0 Å². The van der Waals surface area contributed by atoms with Crippen LogP contribution in [0.2, 0.25) is 0 Å². The smallest absolute Gasteiger partial charge is 0.307 e. The number of rotatable bonds is 2. The lowest BCUT2D eigenvalue weighted by molar-refractivity contribution is -0.139. The molecule has 0 aromatic carbocycles. The zero-order valence-electron chi connectivity index (χ0n) is 7.65. The van der Waals surface area contributed by atoms with Crippen LogP contribution in [0.3, 0.4) is 0 Å². The van der Waals surface area contributed by atoms with E-state index in [9.17, 15) is 4.79 Å². The molecule has 70 valence electrons. The fraction of sp³-hybridized carbons (Fsp3) is 0.500. The minimum absolute atomic E-state index is 0.115. The first-order valence-corrected chi connectivity index (χ1v) is 4.30. The van der Waals surface area contributed by atoms with Gasteiger partial charge in [0, 0.05) is 5.92 Å². The Morgan fingerprint density at radius 3 is 2.69 bits per heavy atom. The molecule has 1 saturated carbocycles. The van der Waals surface area contributed by atoms with E-state index in [0.717, 1.165) is 5.56 Å². The number of carbonyl (C=O) groups is 1. The molecule has 1 aromatic heterocycles. The molecule has 2 atom stereocenters. The number of carboxylic acids is 1. The lowest BCUT2D eigenvalue weighted by Gasteiger charge is -1.97. The first-order chi connectivity index (χ1) is 6.05. The molecular formula is C10H12O3. The molecule has 3 heteroatoms. The first-order valence-electron chi connectivity index (χ1n) is 4.30. The van der Waals surface area contributed by atoms with Crippen LogP contribution >= 0.6 is 0 Å². The van der Waals surface area contributed by atoms with E-state index in [4.69, 9.17) is 9.52 Å². The number of hydrogen-bond donors (Lipinski definition) is 1. The topological polar surface area (TPSA) is 50.4 Å². The van der Waals surface area contributed by atoms with E-state index in [1.165, 1.54) is 0 Å². The van der Waals surface area contributed by atoms with Crippen LogP contribution in [0.5, 0.6) is 0 Å². The van der Waals surface area contributed by atoms with Crippen molar-refractivity contribution in [3.8, 4) is 0 Å². The van der Waals surface area contributed by atoms with Gasteiger partial charge >= 0.3 is 5.97 Å². The maximum absolute atomic E-state index is 10.9. The van der Waals surface area contributed by atoms with Crippen molar-refractivity contribution in [2.75, 3.05) is 0 Å². The van der Waals surface area contributed by atoms with Gasteiger partial charge in [-0.2, -0.15) is 0 Å². The van der Waals surface area contributed by atoms with Crippen molar-refractivity contribution in [3.05, 3.63) is 24.2 Å². The third-order valence-corrected chi connectivity index (χ3v) is 3.00. The van der Waals surface area contributed by atoms with Gasteiger partial charge in [-0.25, -0.2) is 0 Å². The highest BCUT2D eigenvalue weighted by Crippen LogP contribution is 2.64. The van der Waals surface area contributed by atoms with Gasteiger partial charge in [-0.15, -0.1) is 0 Å². The average Bonchev–Trinajstić information content (AvgIpc) is 2.50. The van der Waals surface area contributed by atoms with E-state index >= 15 is 0 Å². The Labute approximate surface area is 76.4 Å². The van der Waals surface area contributed by atoms with E-state index in [0.29, 0.717) is 0 Å². The second-order valence-corrected chi connectivity index (χ2v) is 4.17. The Hall–Kier alpha value is -1.25. The minimum Gasteiger partial charge on any atom is -0.481 e. The lowest BCUT2D eigenvalue weighted by atomic mass is 10.1. The molecule has 0 radical (unpaired) electrons. The highest BCUT2D eigenvalue weighted by Gasteiger charge is 2.62. The molecule has 1 aromatic rings. The summed E-state index contributed by atoms with van der Waals surface area (Å²) in [6.45, 7) is 3.95. The third kappa shape index (κ3) is 1.07. The van der Waals surface area contributed by atoms with E-state index in [2.05, 4.69) is 0 Å². The molecule has 0 spiro atoms. The third-order valence-electron chi connectivity index (χ3n) is 3.00. The molecular weight excluding hydrogens is 168 g/mol.